The van der Waals surface area contributed by atoms with E-state index < -0.39 is 5.97 Å². The largest absolute Gasteiger partial charge is 0.481 e. The molecule has 4 rings (SSSR count). The lowest BCUT2D eigenvalue weighted by atomic mass is 9.92. The van der Waals surface area contributed by atoms with Gasteiger partial charge in [0.1, 0.15) is 0 Å². The van der Waals surface area contributed by atoms with E-state index in [2.05, 4.69) is 51.6 Å². The molecule has 1 aromatic heterocycles. The summed E-state index contributed by atoms with van der Waals surface area (Å²) in [6.07, 6.45) is 6.99. The Morgan fingerprint density at radius 2 is 2.10 bits per heavy atom. The van der Waals surface area contributed by atoms with Crippen LogP contribution in [0.25, 0.3) is 0 Å². The maximum Gasteiger partial charge on any atom is 0.307 e. The number of benzene rings is 1. The van der Waals surface area contributed by atoms with E-state index in [1.165, 1.54) is 43.6 Å². The fourth-order valence-corrected chi connectivity index (χ4v) is 5.30. The zero-order valence-corrected chi connectivity index (χ0v) is 19.0. The van der Waals surface area contributed by atoms with Crippen LogP contribution in [0.3, 0.4) is 0 Å². The van der Waals surface area contributed by atoms with Crippen LogP contribution < -0.4 is 10.2 Å². The van der Waals surface area contributed by atoms with Gasteiger partial charge in [0.05, 0.1) is 17.3 Å². The molecule has 0 amide bonds. The highest BCUT2D eigenvalue weighted by molar-refractivity contribution is 7.10. The Balaban J connectivity index is 1.69. The summed E-state index contributed by atoms with van der Waals surface area (Å²) < 4.78 is 4.07. The van der Waals surface area contributed by atoms with Gasteiger partial charge in [-0.1, -0.05) is 39.2 Å². The summed E-state index contributed by atoms with van der Waals surface area (Å²) in [5, 5.41) is 13.7. The molecule has 2 aliphatic rings. The van der Waals surface area contributed by atoms with Crippen LogP contribution in [0, 0.1) is 11.8 Å². The Morgan fingerprint density at radius 3 is 2.70 bits per heavy atom. The average molecular weight is 449 g/mol. The first-order chi connectivity index (χ1) is 14.4. The number of anilines is 3. The second-order valence-electron chi connectivity index (χ2n) is 8.90. The number of nitrogens with zero attached hydrogens (tertiary/aromatic N) is 3. The zero-order valence-electron chi connectivity index (χ0n) is 17.5. The van der Waals surface area contributed by atoms with Gasteiger partial charge in [-0.05, 0) is 60.4 Å². The van der Waals surface area contributed by atoms with E-state index >= 15 is 0 Å². The van der Waals surface area contributed by atoms with Gasteiger partial charge in [-0.25, -0.2) is 0 Å². The molecule has 0 aliphatic heterocycles. The Morgan fingerprint density at radius 1 is 1.33 bits per heavy atom. The Bertz CT molecular complexity index is 897. The zero-order chi connectivity index (χ0) is 21.3. The lowest BCUT2D eigenvalue weighted by Crippen LogP contribution is -2.39. The minimum absolute atomic E-state index is 0.0864. The number of carbonyl (C=O) groups is 1. The van der Waals surface area contributed by atoms with Crippen molar-refractivity contribution in [2.45, 2.75) is 64.3 Å². The topological polar surface area (TPSA) is 78.4 Å². The molecular weight excluding hydrogens is 420 g/mol. The van der Waals surface area contributed by atoms with Gasteiger partial charge in [-0.2, -0.15) is 9.36 Å². The predicted molar refractivity (Wildman–Crippen MR) is 122 cm³/mol. The lowest BCUT2D eigenvalue weighted by Gasteiger charge is -2.38. The van der Waals surface area contributed by atoms with Crippen LogP contribution in [0.2, 0.25) is 5.28 Å². The molecule has 1 heterocycles. The van der Waals surface area contributed by atoms with E-state index in [1.807, 2.05) is 0 Å². The van der Waals surface area contributed by atoms with Crippen molar-refractivity contribution in [3.05, 3.63) is 29.0 Å². The fraction of sp³-hybridized carbons (Fsp3) is 0.591. The van der Waals surface area contributed by atoms with Crippen molar-refractivity contribution in [3.8, 4) is 0 Å². The third-order valence-electron chi connectivity index (χ3n) is 6.09. The van der Waals surface area contributed by atoms with Crippen molar-refractivity contribution < 1.29 is 9.90 Å². The lowest BCUT2D eigenvalue weighted by molar-refractivity contribution is -0.138. The molecule has 0 radical (unpaired) electrons. The van der Waals surface area contributed by atoms with Gasteiger partial charge in [0.15, 0.2) is 0 Å². The van der Waals surface area contributed by atoms with Crippen molar-refractivity contribution in [2.24, 2.45) is 11.8 Å². The van der Waals surface area contributed by atoms with Gasteiger partial charge >= 0.3 is 5.97 Å². The van der Waals surface area contributed by atoms with E-state index in [0.29, 0.717) is 23.5 Å². The maximum atomic E-state index is 11.4. The van der Waals surface area contributed by atoms with Crippen LogP contribution in [-0.2, 0) is 4.79 Å². The molecule has 8 heteroatoms. The molecule has 2 fully saturated rings. The van der Waals surface area contributed by atoms with Crippen molar-refractivity contribution in [2.75, 3.05) is 16.8 Å². The number of carboxylic acids is 1. The average Bonchev–Trinajstić information content (AvgIpc) is 3.43. The third kappa shape index (κ3) is 4.89. The number of hydrogen-bond donors (Lipinski definition) is 2. The van der Waals surface area contributed by atoms with Crippen LogP contribution in [0.15, 0.2) is 18.2 Å². The molecule has 2 atom stereocenters. The molecule has 0 spiro atoms. The molecule has 1 aromatic carbocycles. The van der Waals surface area contributed by atoms with E-state index in [4.69, 9.17) is 11.6 Å². The van der Waals surface area contributed by atoms with Gasteiger partial charge in [-0.15, -0.1) is 0 Å². The van der Waals surface area contributed by atoms with E-state index in [0.717, 1.165) is 23.5 Å². The van der Waals surface area contributed by atoms with Gasteiger partial charge in [0.25, 0.3) is 0 Å². The van der Waals surface area contributed by atoms with Crippen LogP contribution in [-0.4, -0.2) is 33.0 Å². The summed E-state index contributed by atoms with van der Waals surface area (Å²) in [4.78, 5) is 18.2. The van der Waals surface area contributed by atoms with Gasteiger partial charge in [-0.3, -0.25) is 4.79 Å². The summed E-state index contributed by atoms with van der Waals surface area (Å²) in [5.41, 5.74) is 3.18. The normalized spacial score (nSPS) is 21.6. The SMILES string of the molecule is CC(C)CN(c1ccc(C2CC2C(=O)O)cc1Nc1nc(Cl)ns1)C1CCCCC1. The Labute approximate surface area is 186 Å². The van der Waals surface area contributed by atoms with Gasteiger partial charge in [0, 0.05) is 24.1 Å². The standard InChI is InChI=1S/C22H29ClN4O2S/c1-13(2)12-27(15-6-4-3-5-7-15)19-9-8-14(16-11-17(16)20(28)29)10-18(19)24-22-25-21(23)26-30-22/h8-10,13,15-17H,3-7,11-12H2,1-2H3,(H,28,29)(H,24,25,26). The highest BCUT2D eigenvalue weighted by Crippen LogP contribution is 2.49. The number of hydrogen-bond acceptors (Lipinski definition) is 6. The number of aliphatic carboxylic acids is 1. The van der Waals surface area contributed by atoms with Crippen molar-refractivity contribution in [1.82, 2.24) is 9.36 Å². The Kier molecular flexibility index (Phi) is 6.48. The molecule has 162 valence electrons. The van der Waals surface area contributed by atoms with Crippen molar-refractivity contribution >= 4 is 45.6 Å². The van der Waals surface area contributed by atoms with Crippen LogP contribution in [0.1, 0.15) is 63.9 Å². The second-order valence-corrected chi connectivity index (χ2v) is 9.99. The molecule has 6 nitrogen and oxygen atoms in total. The summed E-state index contributed by atoms with van der Waals surface area (Å²) in [7, 11) is 0. The summed E-state index contributed by atoms with van der Waals surface area (Å²) in [6, 6.07) is 6.90. The quantitative estimate of drug-likeness (QED) is 0.522. The summed E-state index contributed by atoms with van der Waals surface area (Å²) >= 11 is 7.17. The van der Waals surface area contributed by atoms with E-state index in [1.54, 1.807) is 0 Å². The molecule has 2 aromatic rings. The second kappa shape index (κ2) is 9.10. The summed E-state index contributed by atoms with van der Waals surface area (Å²) in [6.45, 7) is 5.49. The van der Waals surface area contributed by atoms with Gasteiger partial charge in [0.2, 0.25) is 10.4 Å². The first-order valence-corrected chi connectivity index (χ1v) is 12.0. The number of aromatic nitrogens is 2. The number of nitrogens with one attached hydrogen (secondary N) is 1. The number of rotatable bonds is 8. The molecule has 0 bridgehead atoms. The minimum atomic E-state index is -0.710. The molecule has 30 heavy (non-hydrogen) atoms. The molecule has 2 N–H and O–H groups in total. The number of carboxylic acid groups (broad SMARTS) is 1. The molecule has 2 unspecified atom stereocenters. The smallest absolute Gasteiger partial charge is 0.307 e. The van der Waals surface area contributed by atoms with Crippen molar-refractivity contribution in [3.63, 3.8) is 0 Å². The molecule has 0 saturated heterocycles. The monoisotopic (exact) mass is 448 g/mol. The first kappa shape index (κ1) is 21.4. The third-order valence-corrected chi connectivity index (χ3v) is 6.99. The number of halogens is 1. The van der Waals surface area contributed by atoms with E-state index in [9.17, 15) is 9.90 Å². The molecule has 2 saturated carbocycles. The fourth-order valence-electron chi connectivity index (χ4n) is 4.57. The molecular formula is C22H29ClN4O2S. The Hall–Kier alpha value is -1.86. The maximum absolute atomic E-state index is 11.4. The molecule has 2 aliphatic carbocycles. The minimum Gasteiger partial charge on any atom is -0.481 e. The van der Waals surface area contributed by atoms with Crippen LogP contribution in [0.5, 0.6) is 0 Å². The highest BCUT2D eigenvalue weighted by Gasteiger charge is 2.44. The summed E-state index contributed by atoms with van der Waals surface area (Å²) in [5.74, 6) is -0.360. The van der Waals surface area contributed by atoms with Gasteiger partial charge < -0.3 is 15.3 Å². The van der Waals surface area contributed by atoms with Crippen LogP contribution >= 0.6 is 23.1 Å². The predicted octanol–water partition coefficient (Wildman–Crippen LogP) is 5.92. The van der Waals surface area contributed by atoms with Crippen LogP contribution in [0.4, 0.5) is 16.5 Å². The van der Waals surface area contributed by atoms with Crippen molar-refractivity contribution in [1.29, 1.82) is 0 Å². The highest BCUT2D eigenvalue weighted by atomic mass is 35.5. The van der Waals surface area contributed by atoms with E-state index in [-0.39, 0.29) is 17.1 Å². The first-order valence-electron chi connectivity index (χ1n) is 10.8.